The topological polar surface area (TPSA) is 86.0 Å². The van der Waals surface area contributed by atoms with E-state index in [0.29, 0.717) is 23.6 Å². The summed E-state index contributed by atoms with van der Waals surface area (Å²) < 4.78 is 11.7. The SMILES string of the molecule is c1cc(-c2noc(CSc3nnc(NCC4CCCO4)s3)n2)cs1. The standard InChI is InChI=1S/C14H15N5O2S3/c1-2-10(20-4-1)6-15-13-17-18-14(24-13)23-8-11-16-12(19-21-11)9-3-5-22-7-9/h3,5,7,10H,1-2,4,6,8H2,(H,15,17). The van der Waals surface area contributed by atoms with Crippen LogP contribution >= 0.6 is 34.4 Å². The first-order chi connectivity index (χ1) is 11.9. The zero-order chi connectivity index (χ0) is 16.2. The van der Waals surface area contributed by atoms with E-state index in [0.717, 1.165) is 41.0 Å². The van der Waals surface area contributed by atoms with E-state index in [9.17, 15) is 0 Å². The first-order valence-electron chi connectivity index (χ1n) is 7.54. The van der Waals surface area contributed by atoms with Crippen LogP contribution in [0.25, 0.3) is 11.4 Å². The molecule has 0 spiro atoms. The van der Waals surface area contributed by atoms with Gasteiger partial charge in [0.15, 0.2) is 4.34 Å². The summed E-state index contributed by atoms with van der Waals surface area (Å²) in [7, 11) is 0. The first kappa shape index (κ1) is 16.0. The Balaban J connectivity index is 1.28. The number of nitrogens with one attached hydrogen (secondary N) is 1. The van der Waals surface area contributed by atoms with E-state index in [2.05, 4.69) is 25.7 Å². The molecular formula is C14H15N5O2S3. The summed E-state index contributed by atoms with van der Waals surface area (Å²) in [5, 5.41) is 20.4. The zero-order valence-corrected chi connectivity index (χ0v) is 15.1. The summed E-state index contributed by atoms with van der Waals surface area (Å²) in [6, 6.07) is 1.98. The highest BCUT2D eigenvalue weighted by Crippen LogP contribution is 2.29. The second kappa shape index (κ2) is 7.60. The Labute approximate surface area is 150 Å². The zero-order valence-electron chi connectivity index (χ0n) is 12.7. The van der Waals surface area contributed by atoms with E-state index in [1.165, 1.54) is 11.3 Å². The van der Waals surface area contributed by atoms with Crippen molar-refractivity contribution in [3.05, 3.63) is 22.7 Å². The molecule has 7 nitrogen and oxygen atoms in total. The largest absolute Gasteiger partial charge is 0.376 e. The van der Waals surface area contributed by atoms with Gasteiger partial charge in [0.1, 0.15) is 0 Å². The minimum Gasteiger partial charge on any atom is -0.376 e. The Kier molecular flexibility index (Phi) is 5.07. The Morgan fingerprint density at radius 3 is 3.21 bits per heavy atom. The van der Waals surface area contributed by atoms with Crippen LogP contribution in [0.4, 0.5) is 5.13 Å². The summed E-state index contributed by atoms with van der Waals surface area (Å²) in [6.07, 6.45) is 2.54. The van der Waals surface area contributed by atoms with Crippen molar-refractivity contribution in [2.75, 3.05) is 18.5 Å². The fourth-order valence-corrected chi connectivity index (χ4v) is 4.52. The van der Waals surface area contributed by atoms with Crippen molar-refractivity contribution >= 4 is 39.6 Å². The summed E-state index contributed by atoms with van der Waals surface area (Å²) in [5.74, 6) is 1.80. The van der Waals surface area contributed by atoms with Gasteiger partial charge in [0, 0.05) is 24.1 Å². The van der Waals surface area contributed by atoms with Gasteiger partial charge in [0.25, 0.3) is 0 Å². The van der Waals surface area contributed by atoms with E-state index >= 15 is 0 Å². The van der Waals surface area contributed by atoms with Crippen molar-refractivity contribution in [1.82, 2.24) is 20.3 Å². The van der Waals surface area contributed by atoms with Crippen LogP contribution in [0.3, 0.4) is 0 Å². The maximum atomic E-state index is 5.58. The van der Waals surface area contributed by atoms with Gasteiger partial charge in [0.2, 0.25) is 16.8 Å². The number of hydrogen-bond donors (Lipinski definition) is 1. The molecular weight excluding hydrogens is 366 g/mol. The van der Waals surface area contributed by atoms with Crippen LogP contribution in [0.15, 0.2) is 25.7 Å². The molecule has 1 aliphatic heterocycles. The van der Waals surface area contributed by atoms with Crippen LogP contribution in [0, 0.1) is 0 Å². The lowest BCUT2D eigenvalue weighted by atomic mass is 10.2. The molecule has 126 valence electrons. The third kappa shape index (κ3) is 3.94. The van der Waals surface area contributed by atoms with Crippen LogP contribution in [-0.2, 0) is 10.5 Å². The number of aromatic nitrogens is 4. The minimum absolute atomic E-state index is 0.291. The number of thiophene rings is 1. The maximum absolute atomic E-state index is 5.58. The fraction of sp³-hybridized carbons (Fsp3) is 0.429. The van der Waals surface area contributed by atoms with Gasteiger partial charge in [-0.25, -0.2) is 0 Å². The molecule has 24 heavy (non-hydrogen) atoms. The van der Waals surface area contributed by atoms with Crippen molar-refractivity contribution < 1.29 is 9.26 Å². The molecule has 1 N–H and O–H groups in total. The highest BCUT2D eigenvalue weighted by Gasteiger charge is 2.16. The van der Waals surface area contributed by atoms with Crippen molar-refractivity contribution in [2.45, 2.75) is 29.0 Å². The summed E-state index contributed by atoms with van der Waals surface area (Å²) in [4.78, 5) is 4.40. The second-order valence-corrected chi connectivity index (χ2v) is 8.18. The Hall–Kier alpha value is -1.49. The molecule has 3 aromatic heterocycles. The molecule has 0 amide bonds. The van der Waals surface area contributed by atoms with Gasteiger partial charge in [-0.05, 0) is 24.3 Å². The molecule has 3 aromatic rings. The number of anilines is 1. The maximum Gasteiger partial charge on any atom is 0.237 e. The van der Waals surface area contributed by atoms with E-state index in [-0.39, 0.29) is 0 Å². The number of rotatable bonds is 7. The number of thioether (sulfide) groups is 1. The van der Waals surface area contributed by atoms with E-state index < -0.39 is 0 Å². The van der Waals surface area contributed by atoms with Crippen LogP contribution in [0.1, 0.15) is 18.7 Å². The van der Waals surface area contributed by atoms with E-state index in [1.807, 2.05) is 16.8 Å². The smallest absolute Gasteiger partial charge is 0.237 e. The monoisotopic (exact) mass is 381 g/mol. The average molecular weight is 382 g/mol. The van der Waals surface area contributed by atoms with Gasteiger partial charge in [-0.2, -0.15) is 16.3 Å². The van der Waals surface area contributed by atoms with Crippen LogP contribution < -0.4 is 5.32 Å². The Morgan fingerprint density at radius 2 is 2.38 bits per heavy atom. The summed E-state index contributed by atoms with van der Waals surface area (Å²) in [6.45, 7) is 1.65. The van der Waals surface area contributed by atoms with Crippen molar-refractivity contribution in [2.24, 2.45) is 0 Å². The highest BCUT2D eigenvalue weighted by molar-refractivity contribution is 8.00. The molecule has 0 saturated carbocycles. The normalized spacial score (nSPS) is 17.4. The van der Waals surface area contributed by atoms with Crippen LogP contribution in [0.5, 0.6) is 0 Å². The summed E-state index contributed by atoms with van der Waals surface area (Å²) in [5.41, 5.74) is 0.983. The fourth-order valence-electron chi connectivity index (χ4n) is 2.29. The lowest BCUT2D eigenvalue weighted by Crippen LogP contribution is -2.18. The Morgan fingerprint density at radius 1 is 1.38 bits per heavy atom. The van der Waals surface area contributed by atoms with Crippen LogP contribution in [0.2, 0.25) is 0 Å². The third-order valence-corrected chi connectivity index (χ3v) is 6.16. The molecule has 0 aliphatic carbocycles. The molecule has 1 aliphatic rings. The van der Waals surface area contributed by atoms with Crippen molar-refractivity contribution in [3.63, 3.8) is 0 Å². The Bertz CT molecular complexity index is 767. The molecule has 1 saturated heterocycles. The molecule has 10 heteroatoms. The lowest BCUT2D eigenvalue weighted by Gasteiger charge is -2.08. The first-order valence-corrected chi connectivity index (χ1v) is 10.3. The molecule has 1 fully saturated rings. The number of nitrogens with zero attached hydrogens (tertiary/aromatic N) is 4. The predicted molar refractivity (Wildman–Crippen MR) is 94.5 cm³/mol. The van der Waals surface area contributed by atoms with Gasteiger partial charge in [-0.15, -0.1) is 10.2 Å². The number of hydrogen-bond acceptors (Lipinski definition) is 10. The average Bonchev–Trinajstić information content (AvgIpc) is 3.40. The molecule has 1 unspecified atom stereocenters. The lowest BCUT2D eigenvalue weighted by molar-refractivity contribution is 0.120. The molecule has 0 bridgehead atoms. The minimum atomic E-state index is 0.291. The second-order valence-electron chi connectivity index (χ2n) is 5.20. The van der Waals surface area contributed by atoms with E-state index in [1.54, 1.807) is 23.1 Å². The van der Waals surface area contributed by atoms with Gasteiger partial charge in [-0.1, -0.05) is 28.3 Å². The van der Waals surface area contributed by atoms with Crippen molar-refractivity contribution in [1.29, 1.82) is 0 Å². The molecule has 0 radical (unpaired) electrons. The highest BCUT2D eigenvalue weighted by atomic mass is 32.2. The molecule has 1 atom stereocenters. The quantitative estimate of drug-likeness (QED) is 0.622. The molecule has 4 heterocycles. The third-order valence-electron chi connectivity index (χ3n) is 3.48. The van der Waals surface area contributed by atoms with E-state index in [4.69, 9.17) is 9.26 Å². The number of ether oxygens (including phenoxy) is 1. The summed E-state index contributed by atoms with van der Waals surface area (Å²) >= 11 is 4.68. The molecule has 4 rings (SSSR count). The van der Waals surface area contributed by atoms with Crippen LogP contribution in [-0.4, -0.2) is 39.6 Å². The van der Waals surface area contributed by atoms with Gasteiger partial charge < -0.3 is 14.6 Å². The van der Waals surface area contributed by atoms with Crippen molar-refractivity contribution in [3.8, 4) is 11.4 Å². The van der Waals surface area contributed by atoms with Gasteiger partial charge in [0.05, 0.1) is 11.9 Å². The van der Waals surface area contributed by atoms with Gasteiger partial charge >= 0.3 is 0 Å². The van der Waals surface area contributed by atoms with Gasteiger partial charge in [-0.3, -0.25) is 0 Å². The molecule has 0 aromatic carbocycles. The predicted octanol–water partition coefficient (Wildman–Crippen LogP) is 3.53.